The van der Waals surface area contributed by atoms with Gasteiger partial charge in [0.1, 0.15) is 5.75 Å². The molecule has 1 amide bonds. The van der Waals surface area contributed by atoms with E-state index in [1.165, 1.54) is 16.9 Å². The molecular formula is C46H49NO5S. The third kappa shape index (κ3) is 7.89. The molecule has 4 atom stereocenters. The number of benzene rings is 4. The molecule has 3 aliphatic carbocycles. The van der Waals surface area contributed by atoms with Gasteiger partial charge in [-0.1, -0.05) is 91.4 Å². The van der Waals surface area contributed by atoms with Crippen LogP contribution in [0.3, 0.4) is 0 Å². The van der Waals surface area contributed by atoms with Crippen LogP contribution in [-0.2, 0) is 13.0 Å². The first kappa shape index (κ1) is 36.8. The number of hydrogen-bond acceptors (Lipinski definition) is 6. The van der Waals surface area contributed by atoms with Gasteiger partial charge in [0.25, 0.3) is 0 Å². The predicted molar refractivity (Wildman–Crippen MR) is 213 cm³/mol. The van der Waals surface area contributed by atoms with Crippen LogP contribution in [0.25, 0.3) is 10.8 Å². The molecular weight excluding hydrogens is 679 g/mol. The number of aliphatic hydroxyl groups is 2. The average Bonchev–Trinajstić information content (AvgIpc) is 3.70. The highest BCUT2D eigenvalue weighted by Crippen LogP contribution is 2.59. The molecule has 3 aliphatic rings. The van der Waals surface area contributed by atoms with Crippen molar-refractivity contribution >= 4 is 34.0 Å². The second kappa shape index (κ2) is 15.4. The fraction of sp³-hybridized carbons (Fsp3) is 0.348. The zero-order valence-electron chi connectivity index (χ0n) is 30.9. The van der Waals surface area contributed by atoms with Crippen molar-refractivity contribution in [2.24, 2.45) is 5.41 Å². The Labute approximate surface area is 316 Å². The molecule has 4 unspecified atom stereocenters. The van der Waals surface area contributed by atoms with Crippen LogP contribution in [0.4, 0.5) is 4.79 Å². The van der Waals surface area contributed by atoms with Gasteiger partial charge in [-0.3, -0.25) is 4.79 Å². The summed E-state index contributed by atoms with van der Waals surface area (Å²) in [5.41, 5.74) is 2.65. The lowest BCUT2D eigenvalue weighted by Crippen LogP contribution is -2.54. The van der Waals surface area contributed by atoms with Gasteiger partial charge in [0.2, 0.25) is 5.78 Å². The number of amides is 1. The van der Waals surface area contributed by atoms with Crippen LogP contribution in [0, 0.1) is 12.3 Å². The van der Waals surface area contributed by atoms with Crippen molar-refractivity contribution < 1.29 is 24.5 Å². The van der Waals surface area contributed by atoms with E-state index in [2.05, 4.69) is 26.0 Å². The molecule has 1 aromatic heterocycles. The van der Waals surface area contributed by atoms with E-state index >= 15 is 0 Å². The molecule has 0 radical (unpaired) electrons. The van der Waals surface area contributed by atoms with Gasteiger partial charge in [-0.25, -0.2) is 4.79 Å². The summed E-state index contributed by atoms with van der Waals surface area (Å²) in [4.78, 5) is 31.9. The van der Waals surface area contributed by atoms with Gasteiger partial charge >= 0.3 is 6.09 Å². The molecule has 7 heteroatoms. The van der Waals surface area contributed by atoms with Crippen LogP contribution in [0.1, 0.15) is 95.1 Å². The molecule has 274 valence electrons. The Morgan fingerprint density at radius 3 is 2.43 bits per heavy atom. The van der Waals surface area contributed by atoms with Gasteiger partial charge in [0.05, 0.1) is 23.1 Å². The van der Waals surface area contributed by atoms with Gasteiger partial charge < -0.3 is 19.8 Å². The van der Waals surface area contributed by atoms with Crippen molar-refractivity contribution in [3.05, 3.63) is 147 Å². The maximum atomic E-state index is 14.3. The number of carbonyl (C=O) groups excluding carboxylic acids is 2. The number of rotatable bonds is 7. The van der Waals surface area contributed by atoms with Crippen LogP contribution < -0.4 is 4.74 Å². The van der Waals surface area contributed by atoms with Crippen molar-refractivity contribution in [2.45, 2.75) is 89.9 Å². The number of hydrogen-bond donors (Lipinski definition) is 2. The van der Waals surface area contributed by atoms with Crippen LogP contribution in [-0.4, -0.2) is 45.2 Å². The van der Waals surface area contributed by atoms with Crippen molar-refractivity contribution in [3.63, 3.8) is 0 Å². The zero-order valence-corrected chi connectivity index (χ0v) is 31.7. The first-order chi connectivity index (χ1) is 25.5. The van der Waals surface area contributed by atoms with Crippen LogP contribution in [0.2, 0.25) is 0 Å². The summed E-state index contributed by atoms with van der Waals surface area (Å²) >= 11 is 1.49. The van der Waals surface area contributed by atoms with Crippen LogP contribution >= 0.6 is 11.3 Å². The molecule has 5 aromatic rings. The van der Waals surface area contributed by atoms with Gasteiger partial charge in [-0.15, -0.1) is 11.3 Å². The maximum absolute atomic E-state index is 14.3. The number of aryl methyl sites for hydroxylation is 1. The highest BCUT2D eigenvalue weighted by Gasteiger charge is 2.58. The first-order valence-corrected chi connectivity index (χ1v) is 19.6. The highest BCUT2D eigenvalue weighted by molar-refractivity contribution is 7.14. The number of nitrogens with zero attached hydrogens (tertiary/aromatic N) is 1. The Morgan fingerprint density at radius 2 is 1.66 bits per heavy atom. The maximum Gasteiger partial charge on any atom is 0.415 e. The molecule has 1 heterocycles. The lowest BCUT2D eigenvalue weighted by molar-refractivity contribution is -0.0802. The summed E-state index contributed by atoms with van der Waals surface area (Å²) < 4.78 is 6.06. The highest BCUT2D eigenvalue weighted by atomic mass is 32.1. The van der Waals surface area contributed by atoms with E-state index in [9.17, 15) is 19.8 Å². The molecule has 0 spiro atoms. The average molecular weight is 728 g/mol. The molecule has 1 fully saturated rings. The molecule has 0 saturated heterocycles. The van der Waals surface area contributed by atoms with Gasteiger partial charge in [0.15, 0.2) is 0 Å². The third-order valence-electron chi connectivity index (χ3n) is 11.7. The number of allylic oxidation sites excluding steroid dienone is 2. The fourth-order valence-electron chi connectivity index (χ4n) is 8.59. The molecule has 1 saturated carbocycles. The normalized spacial score (nSPS) is 23.2. The topological polar surface area (TPSA) is 87.1 Å². The molecule has 53 heavy (non-hydrogen) atoms. The SMILES string of the molecule is CC1=CCCC2(C)C(CCC2(O)CN(Cc2ccccc2)C(=O)Oc2ccc3ccccc3c2)c2ccc(cc2C(=O)c2ccc(C)s2)CC(O)CC1. The first-order valence-electron chi connectivity index (χ1n) is 18.8. The quantitative estimate of drug-likeness (QED) is 0.129. The number of carbonyl (C=O) groups is 2. The van der Waals surface area contributed by atoms with Gasteiger partial charge in [-0.2, -0.15) is 0 Å². The Morgan fingerprint density at radius 1 is 0.887 bits per heavy atom. The van der Waals surface area contributed by atoms with E-state index in [0.29, 0.717) is 48.3 Å². The molecule has 2 N–H and O–H groups in total. The lowest BCUT2D eigenvalue weighted by Gasteiger charge is -2.46. The van der Waals surface area contributed by atoms with E-state index in [-0.39, 0.29) is 24.8 Å². The minimum Gasteiger partial charge on any atom is -0.410 e. The second-order valence-corrected chi connectivity index (χ2v) is 16.7. The molecule has 8 rings (SSSR count). The largest absolute Gasteiger partial charge is 0.415 e. The smallest absolute Gasteiger partial charge is 0.410 e. The molecule has 6 nitrogen and oxygen atoms in total. The Balaban J connectivity index is 1.27. The number of ether oxygens (including phenoxy) is 1. The second-order valence-electron chi connectivity index (χ2n) is 15.4. The van der Waals surface area contributed by atoms with Gasteiger partial charge in [-0.05, 0) is 123 Å². The fourth-order valence-corrected chi connectivity index (χ4v) is 9.41. The van der Waals surface area contributed by atoms with Crippen molar-refractivity contribution in [2.75, 3.05) is 6.54 Å². The molecule has 0 aliphatic heterocycles. The summed E-state index contributed by atoms with van der Waals surface area (Å²) in [6.07, 6.45) is 5.57. The summed E-state index contributed by atoms with van der Waals surface area (Å²) in [6.45, 7) is 6.60. The summed E-state index contributed by atoms with van der Waals surface area (Å²) in [6, 6.07) is 33.4. The number of ketones is 1. The number of fused-ring (bicyclic) bond motifs is 9. The summed E-state index contributed by atoms with van der Waals surface area (Å²) in [5, 5.41) is 26.1. The lowest BCUT2D eigenvalue weighted by atomic mass is 9.64. The standard InChI is InChI=1S/C46H49NO5S/c1-31-10-9-24-45(3)41(39-21-17-34(26-37(48)19-15-31)27-40(39)43(49)42-22-16-32(2)53-42)23-25-46(45,51)30-47(29-33-11-5-4-6-12-33)44(50)52-38-20-18-35-13-7-8-14-36(35)28-38/h4-8,10-14,16-18,20-22,27-28,37,41,48,51H,9,15,19,23-26,29-30H2,1-3H3. The predicted octanol–water partition coefficient (Wildman–Crippen LogP) is 10.2. The van der Waals surface area contributed by atoms with E-state index in [0.717, 1.165) is 45.2 Å². The zero-order chi connectivity index (χ0) is 37.2. The van der Waals surface area contributed by atoms with E-state index < -0.39 is 23.2 Å². The van der Waals surface area contributed by atoms with E-state index in [1.807, 2.05) is 104 Å². The Bertz CT molecular complexity index is 2140. The number of aliphatic hydroxyl groups excluding tert-OH is 1. The summed E-state index contributed by atoms with van der Waals surface area (Å²) in [5.74, 6) is 0.267. The Hall–Kier alpha value is -4.56. The van der Waals surface area contributed by atoms with Crippen molar-refractivity contribution in [1.82, 2.24) is 4.90 Å². The molecule has 4 aromatic carbocycles. The minimum absolute atomic E-state index is 0.0280. The van der Waals surface area contributed by atoms with Crippen molar-refractivity contribution in [1.29, 1.82) is 0 Å². The monoisotopic (exact) mass is 727 g/mol. The minimum atomic E-state index is -1.29. The Kier molecular flexibility index (Phi) is 10.7. The third-order valence-corrected chi connectivity index (χ3v) is 12.7. The molecule has 2 bridgehead atoms. The number of thiophene rings is 1. The van der Waals surface area contributed by atoms with E-state index in [1.54, 1.807) is 4.90 Å². The van der Waals surface area contributed by atoms with Crippen LogP contribution in [0.5, 0.6) is 5.75 Å². The van der Waals surface area contributed by atoms with Gasteiger partial charge in [0, 0.05) is 22.4 Å². The van der Waals surface area contributed by atoms with Crippen molar-refractivity contribution in [3.8, 4) is 5.75 Å². The van der Waals surface area contributed by atoms with E-state index in [4.69, 9.17) is 4.74 Å². The summed E-state index contributed by atoms with van der Waals surface area (Å²) in [7, 11) is 0. The van der Waals surface area contributed by atoms with Crippen LogP contribution in [0.15, 0.2) is 115 Å².